The first kappa shape index (κ1) is 14.7. The van der Waals surface area contributed by atoms with Crippen molar-refractivity contribution in [1.82, 2.24) is 15.6 Å². The van der Waals surface area contributed by atoms with E-state index in [-0.39, 0.29) is 5.82 Å². The molecule has 1 rings (SSSR count). The van der Waals surface area contributed by atoms with Crippen LogP contribution >= 0.6 is 27.5 Å². The lowest BCUT2D eigenvalue weighted by Crippen LogP contribution is -2.32. The number of hydrogen-bond donors (Lipinski definition) is 2. The smallest absolute Gasteiger partial charge is 0.274 e. The van der Waals surface area contributed by atoms with E-state index in [2.05, 4.69) is 31.5 Å². The van der Waals surface area contributed by atoms with Gasteiger partial charge in [-0.15, -0.1) is 0 Å². The Morgan fingerprint density at radius 1 is 1.72 bits per heavy atom. The van der Waals surface area contributed by atoms with Crippen LogP contribution in [0, 0.1) is 10.1 Å². The van der Waals surface area contributed by atoms with Crippen LogP contribution in [0.15, 0.2) is 35.0 Å². The maximum absolute atomic E-state index is 10.3. The van der Waals surface area contributed by atoms with Gasteiger partial charge in [-0.3, -0.25) is 10.1 Å². The Balaban J connectivity index is 2.57. The van der Waals surface area contributed by atoms with E-state index in [9.17, 15) is 10.1 Å². The molecule has 8 heteroatoms. The highest BCUT2D eigenvalue weighted by Crippen LogP contribution is 2.10. The third-order valence-corrected chi connectivity index (χ3v) is 2.75. The molecule has 0 radical (unpaired) electrons. The van der Waals surface area contributed by atoms with Crippen molar-refractivity contribution in [2.24, 2.45) is 0 Å². The van der Waals surface area contributed by atoms with Crippen LogP contribution in [0.5, 0.6) is 0 Å². The van der Waals surface area contributed by atoms with E-state index in [4.69, 9.17) is 11.6 Å². The third kappa shape index (κ3) is 5.33. The van der Waals surface area contributed by atoms with Crippen LogP contribution < -0.4 is 10.6 Å². The Bertz CT molecular complexity index is 438. The number of nitrogens with one attached hydrogen (secondary N) is 2. The molecular weight excluding hydrogens is 323 g/mol. The van der Waals surface area contributed by atoms with Gasteiger partial charge in [0.2, 0.25) is 0 Å². The van der Waals surface area contributed by atoms with E-state index in [1.165, 1.54) is 0 Å². The van der Waals surface area contributed by atoms with Crippen LogP contribution in [-0.2, 0) is 6.42 Å². The standard InChI is InChI=1S/C10H12BrClN4O2/c1-13-10(6-16(17)18)15-9(12)4-7-2-3-8(11)14-5-7/h2-3,5-6,9,13,15H,4H2,1H3/b10-6+. The number of alkyl halides is 1. The SMILES string of the molecule is CN/C(=C\[N+](=O)[O-])NC(Cl)Cc1ccc(Br)nc1. The van der Waals surface area contributed by atoms with E-state index in [1.807, 2.05) is 12.1 Å². The molecule has 0 spiro atoms. The Kier molecular flexibility index (Phi) is 5.87. The predicted molar refractivity (Wildman–Crippen MR) is 72.6 cm³/mol. The van der Waals surface area contributed by atoms with Crippen molar-refractivity contribution in [3.05, 3.63) is 50.6 Å². The molecule has 0 saturated heterocycles. The molecule has 1 aromatic rings. The fourth-order valence-electron chi connectivity index (χ4n) is 1.23. The lowest BCUT2D eigenvalue weighted by molar-refractivity contribution is -0.404. The number of pyridine rings is 1. The molecule has 0 aliphatic heterocycles. The van der Waals surface area contributed by atoms with E-state index in [0.717, 1.165) is 16.4 Å². The van der Waals surface area contributed by atoms with Crippen molar-refractivity contribution in [2.45, 2.75) is 11.9 Å². The maximum Gasteiger partial charge on any atom is 0.274 e. The Hall–Kier alpha value is -1.34. The Morgan fingerprint density at radius 2 is 2.44 bits per heavy atom. The van der Waals surface area contributed by atoms with Gasteiger partial charge in [0.1, 0.15) is 10.1 Å². The van der Waals surface area contributed by atoms with Gasteiger partial charge in [0.05, 0.1) is 4.92 Å². The molecule has 18 heavy (non-hydrogen) atoms. The Labute approximate surface area is 118 Å². The minimum absolute atomic E-state index is 0.255. The van der Waals surface area contributed by atoms with Gasteiger partial charge in [0.15, 0.2) is 5.82 Å². The summed E-state index contributed by atoms with van der Waals surface area (Å²) in [5.74, 6) is 0.255. The molecule has 0 saturated carbocycles. The van der Waals surface area contributed by atoms with Gasteiger partial charge in [0, 0.05) is 19.7 Å². The average molecular weight is 336 g/mol. The second-order valence-electron chi connectivity index (χ2n) is 3.38. The zero-order valence-electron chi connectivity index (χ0n) is 9.56. The minimum Gasteiger partial charge on any atom is -0.370 e. The molecule has 98 valence electrons. The molecule has 1 atom stereocenters. The van der Waals surface area contributed by atoms with Gasteiger partial charge < -0.3 is 10.6 Å². The van der Waals surface area contributed by atoms with Gasteiger partial charge in [-0.2, -0.15) is 0 Å². The summed E-state index contributed by atoms with van der Waals surface area (Å²) >= 11 is 9.29. The topological polar surface area (TPSA) is 80.1 Å². The number of hydrogen-bond acceptors (Lipinski definition) is 5. The lowest BCUT2D eigenvalue weighted by atomic mass is 10.2. The summed E-state index contributed by atoms with van der Waals surface area (Å²) in [5, 5.41) is 15.8. The zero-order valence-corrected chi connectivity index (χ0v) is 11.9. The van der Waals surface area contributed by atoms with Gasteiger partial charge in [-0.1, -0.05) is 17.7 Å². The third-order valence-electron chi connectivity index (χ3n) is 2.02. The average Bonchev–Trinajstić information content (AvgIpc) is 2.30. The number of nitrogens with zero attached hydrogens (tertiary/aromatic N) is 2. The molecule has 0 fully saturated rings. The zero-order chi connectivity index (χ0) is 13.5. The summed E-state index contributed by atoms with van der Waals surface area (Å²) in [7, 11) is 1.58. The predicted octanol–water partition coefficient (Wildman–Crippen LogP) is 1.84. The first-order valence-electron chi connectivity index (χ1n) is 5.05. The molecular formula is C10H12BrClN4O2. The van der Waals surface area contributed by atoms with Crippen molar-refractivity contribution in [3.63, 3.8) is 0 Å². The molecule has 1 heterocycles. The van der Waals surface area contributed by atoms with E-state index in [1.54, 1.807) is 13.2 Å². The normalized spacial score (nSPS) is 12.9. The number of aromatic nitrogens is 1. The van der Waals surface area contributed by atoms with Crippen molar-refractivity contribution >= 4 is 27.5 Å². The summed E-state index contributed by atoms with van der Waals surface area (Å²) < 4.78 is 0.745. The highest BCUT2D eigenvalue weighted by atomic mass is 79.9. The van der Waals surface area contributed by atoms with E-state index >= 15 is 0 Å². The van der Waals surface area contributed by atoms with Crippen LogP contribution in [0.25, 0.3) is 0 Å². The maximum atomic E-state index is 10.3. The first-order chi connectivity index (χ1) is 8.51. The van der Waals surface area contributed by atoms with Crippen LogP contribution in [-0.4, -0.2) is 22.5 Å². The van der Waals surface area contributed by atoms with Gasteiger partial charge in [-0.05, 0) is 27.6 Å². The van der Waals surface area contributed by atoms with Crippen molar-refractivity contribution in [1.29, 1.82) is 0 Å². The fourth-order valence-corrected chi connectivity index (χ4v) is 1.76. The monoisotopic (exact) mass is 334 g/mol. The molecule has 0 amide bonds. The van der Waals surface area contributed by atoms with Crippen LogP contribution in [0.4, 0.5) is 0 Å². The number of nitro groups is 1. The van der Waals surface area contributed by atoms with Crippen LogP contribution in [0.3, 0.4) is 0 Å². The minimum atomic E-state index is -0.552. The van der Waals surface area contributed by atoms with Gasteiger partial charge >= 0.3 is 0 Å². The molecule has 0 bridgehead atoms. The van der Waals surface area contributed by atoms with Crippen molar-refractivity contribution < 1.29 is 4.92 Å². The first-order valence-corrected chi connectivity index (χ1v) is 6.28. The van der Waals surface area contributed by atoms with Crippen LogP contribution in [0.1, 0.15) is 5.56 Å². The lowest BCUT2D eigenvalue weighted by Gasteiger charge is -2.14. The summed E-state index contributed by atoms with van der Waals surface area (Å²) in [5.41, 5.74) is 0.467. The molecule has 0 aliphatic rings. The highest BCUT2D eigenvalue weighted by molar-refractivity contribution is 9.10. The molecule has 0 aromatic carbocycles. The summed E-state index contributed by atoms with van der Waals surface area (Å²) in [6.45, 7) is 0. The summed E-state index contributed by atoms with van der Waals surface area (Å²) in [4.78, 5) is 13.9. The quantitative estimate of drug-likeness (QED) is 0.273. The van der Waals surface area contributed by atoms with Gasteiger partial charge in [0.25, 0.3) is 6.20 Å². The highest BCUT2D eigenvalue weighted by Gasteiger charge is 2.09. The molecule has 0 aliphatic carbocycles. The van der Waals surface area contributed by atoms with E-state index in [0.29, 0.717) is 6.42 Å². The molecule has 2 N–H and O–H groups in total. The number of rotatable bonds is 6. The van der Waals surface area contributed by atoms with Crippen molar-refractivity contribution in [3.8, 4) is 0 Å². The van der Waals surface area contributed by atoms with Gasteiger partial charge in [-0.25, -0.2) is 4.98 Å². The molecule has 1 unspecified atom stereocenters. The second kappa shape index (κ2) is 7.17. The van der Waals surface area contributed by atoms with Crippen molar-refractivity contribution in [2.75, 3.05) is 7.05 Å². The van der Waals surface area contributed by atoms with Crippen LogP contribution in [0.2, 0.25) is 0 Å². The summed E-state index contributed by atoms with van der Waals surface area (Å²) in [6, 6.07) is 3.69. The molecule has 1 aromatic heterocycles. The largest absolute Gasteiger partial charge is 0.370 e. The van der Waals surface area contributed by atoms with E-state index < -0.39 is 10.4 Å². The molecule has 6 nitrogen and oxygen atoms in total. The fraction of sp³-hybridized carbons (Fsp3) is 0.300. The Morgan fingerprint density at radius 3 is 2.94 bits per heavy atom. The number of halogens is 2. The second-order valence-corrected chi connectivity index (χ2v) is 4.72. The summed E-state index contributed by atoms with van der Waals surface area (Å²) in [6.07, 6.45) is 3.02.